The second kappa shape index (κ2) is 8.81. The Labute approximate surface area is 179 Å². The zero-order valence-electron chi connectivity index (χ0n) is 19.3. The molecular formula is C20H38N8O2. The number of aromatic amines is 1. The maximum atomic E-state index is 13.7. The number of piperazine rings is 1. The molecule has 3 amide bonds. The fourth-order valence-corrected chi connectivity index (χ4v) is 3.52. The van der Waals surface area contributed by atoms with E-state index in [0.29, 0.717) is 31.9 Å². The quantitative estimate of drug-likeness (QED) is 0.540. The number of rotatable bonds is 4. The van der Waals surface area contributed by atoms with Gasteiger partial charge >= 0.3 is 6.03 Å². The molecule has 6 N–H and O–H groups in total. The third-order valence-corrected chi connectivity index (χ3v) is 5.32. The standard InChI is InChI=1S/C20H38N8O2/c1-8-14(21)24-16(29)13-12-26(19(2,3)4)9-10-27(13)18(30)28(20(5,6)7)15-11-23-17(22)25-15/h11,13-14H,8-10,12,21H2,1-7H3,(H,24,29)(H3,22,23,25)/t13-,14?/m1/s1. The number of hydrogen-bond donors (Lipinski definition) is 4. The molecule has 30 heavy (non-hydrogen) atoms. The van der Waals surface area contributed by atoms with Crippen LogP contribution in [0.2, 0.25) is 0 Å². The molecule has 0 aromatic carbocycles. The normalized spacial score (nSPS) is 19.5. The number of urea groups is 1. The van der Waals surface area contributed by atoms with Crippen molar-refractivity contribution < 1.29 is 9.59 Å². The number of carbonyl (C=O) groups is 2. The summed E-state index contributed by atoms with van der Waals surface area (Å²) in [4.78, 5) is 39.3. The number of nitrogens with zero attached hydrogens (tertiary/aromatic N) is 4. The summed E-state index contributed by atoms with van der Waals surface area (Å²) in [6.45, 7) is 15.5. The van der Waals surface area contributed by atoms with Crippen molar-refractivity contribution >= 4 is 23.7 Å². The van der Waals surface area contributed by atoms with E-state index in [1.54, 1.807) is 16.0 Å². The zero-order chi connectivity index (χ0) is 22.9. The van der Waals surface area contributed by atoms with Crippen LogP contribution >= 0.6 is 0 Å². The van der Waals surface area contributed by atoms with Crippen molar-refractivity contribution in [3.8, 4) is 0 Å². The minimum absolute atomic E-state index is 0.124. The predicted molar refractivity (Wildman–Crippen MR) is 119 cm³/mol. The second-order valence-corrected chi connectivity index (χ2v) is 9.78. The summed E-state index contributed by atoms with van der Waals surface area (Å²) in [5.41, 5.74) is 11.0. The van der Waals surface area contributed by atoms with Gasteiger partial charge in [-0.25, -0.2) is 4.79 Å². The van der Waals surface area contributed by atoms with Gasteiger partial charge < -0.3 is 26.7 Å². The van der Waals surface area contributed by atoms with E-state index in [1.165, 1.54) is 0 Å². The number of H-pyrrole nitrogens is 1. The molecule has 1 aromatic rings. The largest absolute Gasteiger partial charge is 0.369 e. The highest BCUT2D eigenvalue weighted by Crippen LogP contribution is 2.27. The maximum absolute atomic E-state index is 13.7. The van der Waals surface area contributed by atoms with E-state index < -0.39 is 17.7 Å². The average Bonchev–Trinajstić information content (AvgIpc) is 3.04. The van der Waals surface area contributed by atoms with E-state index in [2.05, 4.69) is 41.0 Å². The van der Waals surface area contributed by atoms with Crippen LogP contribution in [-0.2, 0) is 4.79 Å². The van der Waals surface area contributed by atoms with Crippen LogP contribution in [0.5, 0.6) is 0 Å². The van der Waals surface area contributed by atoms with Crippen LogP contribution < -0.4 is 21.7 Å². The second-order valence-electron chi connectivity index (χ2n) is 9.78. The summed E-state index contributed by atoms with van der Waals surface area (Å²) in [6, 6.07) is -0.947. The maximum Gasteiger partial charge on any atom is 0.326 e. The van der Waals surface area contributed by atoms with Gasteiger partial charge in [0.25, 0.3) is 0 Å². The van der Waals surface area contributed by atoms with Crippen LogP contribution in [0.25, 0.3) is 0 Å². The van der Waals surface area contributed by atoms with Gasteiger partial charge in [-0.2, -0.15) is 4.98 Å². The Balaban J connectivity index is 2.38. The van der Waals surface area contributed by atoms with Crippen molar-refractivity contribution in [2.45, 2.75) is 78.2 Å². The fourth-order valence-electron chi connectivity index (χ4n) is 3.52. The zero-order valence-corrected chi connectivity index (χ0v) is 19.3. The number of nitrogens with two attached hydrogens (primary N) is 2. The smallest absolute Gasteiger partial charge is 0.326 e. The Morgan fingerprint density at radius 3 is 2.40 bits per heavy atom. The van der Waals surface area contributed by atoms with Gasteiger partial charge in [0.1, 0.15) is 6.04 Å². The molecule has 1 aliphatic heterocycles. The lowest BCUT2D eigenvalue weighted by Crippen LogP contribution is -2.67. The third-order valence-electron chi connectivity index (χ3n) is 5.32. The van der Waals surface area contributed by atoms with E-state index in [0.717, 1.165) is 0 Å². The predicted octanol–water partition coefficient (Wildman–Crippen LogP) is 1.31. The number of carbonyl (C=O) groups excluding carboxylic acids is 2. The first-order valence-corrected chi connectivity index (χ1v) is 10.5. The van der Waals surface area contributed by atoms with Crippen molar-refractivity contribution in [2.75, 3.05) is 30.3 Å². The average molecular weight is 423 g/mol. The van der Waals surface area contributed by atoms with E-state index in [-0.39, 0.29) is 23.4 Å². The van der Waals surface area contributed by atoms with Gasteiger partial charge in [-0.3, -0.25) is 14.6 Å². The number of hydrogen-bond acceptors (Lipinski definition) is 6. The van der Waals surface area contributed by atoms with Crippen LogP contribution in [-0.4, -0.2) is 74.6 Å². The Morgan fingerprint density at radius 1 is 1.30 bits per heavy atom. The van der Waals surface area contributed by atoms with Crippen LogP contribution in [0, 0.1) is 0 Å². The number of amides is 3. The molecule has 1 saturated heterocycles. The van der Waals surface area contributed by atoms with Gasteiger partial charge in [0.2, 0.25) is 5.91 Å². The number of imidazole rings is 1. The number of anilines is 2. The molecule has 1 unspecified atom stereocenters. The minimum atomic E-state index is -0.663. The molecule has 170 valence electrons. The summed E-state index contributed by atoms with van der Waals surface area (Å²) in [5, 5.41) is 2.84. The van der Waals surface area contributed by atoms with Crippen LogP contribution in [0.3, 0.4) is 0 Å². The van der Waals surface area contributed by atoms with Gasteiger partial charge in [0.05, 0.1) is 6.17 Å². The minimum Gasteiger partial charge on any atom is -0.369 e. The van der Waals surface area contributed by atoms with E-state index in [4.69, 9.17) is 11.5 Å². The van der Waals surface area contributed by atoms with Crippen molar-refractivity contribution in [3.05, 3.63) is 6.20 Å². The lowest BCUT2D eigenvalue weighted by Gasteiger charge is -2.48. The molecule has 2 heterocycles. The topological polar surface area (TPSA) is 137 Å². The monoisotopic (exact) mass is 422 g/mol. The molecule has 0 radical (unpaired) electrons. The van der Waals surface area contributed by atoms with E-state index >= 15 is 0 Å². The van der Waals surface area contributed by atoms with Gasteiger partial charge in [0.15, 0.2) is 11.8 Å². The summed E-state index contributed by atoms with van der Waals surface area (Å²) >= 11 is 0. The lowest BCUT2D eigenvalue weighted by molar-refractivity contribution is -0.129. The molecule has 1 aliphatic rings. The van der Waals surface area contributed by atoms with Crippen LogP contribution in [0.4, 0.5) is 16.6 Å². The summed E-state index contributed by atoms with van der Waals surface area (Å²) in [5.74, 6) is 0.405. The Kier molecular flexibility index (Phi) is 7.03. The molecule has 1 fully saturated rings. The third kappa shape index (κ3) is 5.42. The number of aromatic nitrogens is 2. The summed E-state index contributed by atoms with van der Waals surface area (Å²) < 4.78 is 0. The van der Waals surface area contributed by atoms with Crippen molar-refractivity contribution in [1.29, 1.82) is 0 Å². The molecule has 2 atom stereocenters. The molecule has 0 saturated carbocycles. The highest BCUT2D eigenvalue weighted by molar-refractivity contribution is 5.96. The Bertz CT molecular complexity index is 749. The van der Waals surface area contributed by atoms with Crippen molar-refractivity contribution in [3.63, 3.8) is 0 Å². The molecule has 10 nitrogen and oxygen atoms in total. The highest BCUT2D eigenvalue weighted by Gasteiger charge is 2.43. The molecule has 0 aliphatic carbocycles. The van der Waals surface area contributed by atoms with Crippen molar-refractivity contribution in [2.24, 2.45) is 5.73 Å². The van der Waals surface area contributed by atoms with Crippen LogP contribution in [0.15, 0.2) is 6.20 Å². The Hall–Kier alpha value is -2.33. The molecule has 2 rings (SSSR count). The molecule has 0 bridgehead atoms. The van der Waals surface area contributed by atoms with Gasteiger partial charge in [0, 0.05) is 36.9 Å². The van der Waals surface area contributed by atoms with Crippen LogP contribution in [0.1, 0.15) is 54.9 Å². The fraction of sp³-hybridized carbons (Fsp3) is 0.750. The van der Waals surface area contributed by atoms with Gasteiger partial charge in [-0.05, 0) is 48.0 Å². The first kappa shape index (κ1) is 23.9. The van der Waals surface area contributed by atoms with Gasteiger partial charge in [-0.1, -0.05) is 6.92 Å². The summed E-state index contributed by atoms with van der Waals surface area (Å²) in [7, 11) is 0. The SMILES string of the molecule is CCC(N)NC(=O)[C@H]1CN(C(C)(C)C)CCN1C(=O)N(c1c[nH]c(N)n1)C(C)(C)C. The first-order valence-electron chi connectivity index (χ1n) is 10.5. The number of nitrogens with one attached hydrogen (secondary N) is 2. The molecular weight excluding hydrogens is 384 g/mol. The number of nitrogen functional groups attached to an aromatic ring is 1. The van der Waals surface area contributed by atoms with Gasteiger partial charge in [-0.15, -0.1) is 0 Å². The molecule has 0 spiro atoms. The van der Waals surface area contributed by atoms with Crippen molar-refractivity contribution in [1.82, 2.24) is 25.1 Å². The first-order chi connectivity index (χ1) is 13.8. The van der Waals surface area contributed by atoms with E-state index in [1.807, 2.05) is 27.7 Å². The lowest BCUT2D eigenvalue weighted by atomic mass is 10.0. The van der Waals surface area contributed by atoms with E-state index in [9.17, 15) is 9.59 Å². The summed E-state index contributed by atoms with van der Waals surface area (Å²) in [6.07, 6.45) is 1.76. The highest BCUT2D eigenvalue weighted by atomic mass is 16.2. The Morgan fingerprint density at radius 2 is 1.93 bits per heavy atom. The molecule has 10 heteroatoms. The molecule has 1 aromatic heterocycles.